The third kappa shape index (κ3) is 2.22. The van der Waals surface area contributed by atoms with Crippen molar-refractivity contribution in [1.82, 2.24) is 15.5 Å². The van der Waals surface area contributed by atoms with Crippen LogP contribution >= 0.6 is 0 Å². The zero-order chi connectivity index (χ0) is 13.4. The molecule has 19 heavy (non-hydrogen) atoms. The highest BCUT2D eigenvalue weighted by atomic mass is 16.4. The number of nitrogens with zero attached hydrogens (tertiary/aromatic N) is 1. The van der Waals surface area contributed by atoms with E-state index in [-0.39, 0.29) is 17.5 Å². The summed E-state index contributed by atoms with van der Waals surface area (Å²) >= 11 is 0. The van der Waals surface area contributed by atoms with Gasteiger partial charge in [0, 0.05) is 24.6 Å². The summed E-state index contributed by atoms with van der Waals surface area (Å²) in [7, 11) is 0. The Balaban J connectivity index is 1.42. The predicted molar refractivity (Wildman–Crippen MR) is 66.6 cm³/mol. The molecular formula is C13H17N3O3. The van der Waals surface area contributed by atoms with E-state index < -0.39 is 5.97 Å². The van der Waals surface area contributed by atoms with E-state index in [1.165, 1.54) is 18.9 Å². The van der Waals surface area contributed by atoms with Crippen LogP contribution in [-0.2, 0) is 11.2 Å². The minimum absolute atomic E-state index is 0.0117. The third-order valence-corrected chi connectivity index (χ3v) is 4.43. The molecule has 2 fully saturated rings. The molecule has 1 amide bonds. The Hall–Kier alpha value is -1.85. The van der Waals surface area contributed by atoms with E-state index in [1.807, 2.05) is 0 Å². The number of aromatic amines is 1. The first-order chi connectivity index (χ1) is 9.15. The molecule has 6 heteroatoms. The molecule has 1 aromatic heterocycles. The number of aromatic carboxylic acids is 1. The standard InChI is InChI=1S/C13H17N3O3/c17-12(10-5-7-1-2-9(7)10)14-4-3-8-6-11(13(18)19)16-15-8/h6-7,9-10H,1-5H2,(H,14,17)(H,15,16)(H,18,19)/t7-,9-,10?/m0/s1. The van der Waals surface area contributed by atoms with E-state index in [4.69, 9.17) is 5.11 Å². The highest BCUT2D eigenvalue weighted by molar-refractivity contribution is 5.85. The minimum atomic E-state index is -1.04. The van der Waals surface area contributed by atoms with Gasteiger partial charge in [-0.3, -0.25) is 9.89 Å². The molecule has 2 saturated carbocycles. The Morgan fingerprint density at radius 1 is 1.47 bits per heavy atom. The first-order valence-electron chi connectivity index (χ1n) is 6.70. The van der Waals surface area contributed by atoms with Crippen LogP contribution in [0.1, 0.15) is 35.4 Å². The number of carboxylic acids is 1. The summed E-state index contributed by atoms with van der Waals surface area (Å²) in [6.07, 6.45) is 4.11. The molecule has 1 heterocycles. The van der Waals surface area contributed by atoms with E-state index in [0.717, 1.165) is 18.0 Å². The van der Waals surface area contributed by atoms with E-state index in [1.54, 1.807) is 0 Å². The van der Waals surface area contributed by atoms with E-state index in [0.29, 0.717) is 18.9 Å². The molecule has 0 aliphatic heterocycles. The van der Waals surface area contributed by atoms with Crippen molar-refractivity contribution in [2.24, 2.45) is 17.8 Å². The Labute approximate surface area is 110 Å². The van der Waals surface area contributed by atoms with Gasteiger partial charge >= 0.3 is 5.97 Å². The molecule has 6 nitrogen and oxygen atoms in total. The van der Waals surface area contributed by atoms with Crippen LogP contribution in [0.3, 0.4) is 0 Å². The van der Waals surface area contributed by atoms with Crippen LogP contribution in [0.25, 0.3) is 0 Å². The molecule has 0 aromatic carbocycles. The molecular weight excluding hydrogens is 246 g/mol. The zero-order valence-corrected chi connectivity index (χ0v) is 10.6. The number of carbonyl (C=O) groups excluding carboxylic acids is 1. The first-order valence-corrected chi connectivity index (χ1v) is 6.70. The predicted octanol–water partition coefficient (Wildman–Crippen LogP) is 0.813. The Bertz CT molecular complexity index is 511. The van der Waals surface area contributed by atoms with Crippen molar-refractivity contribution in [2.75, 3.05) is 6.54 Å². The van der Waals surface area contributed by atoms with Gasteiger partial charge in [0.05, 0.1) is 0 Å². The van der Waals surface area contributed by atoms with Crippen molar-refractivity contribution in [2.45, 2.75) is 25.7 Å². The Kier molecular flexibility index (Phi) is 3.00. The molecule has 2 aliphatic rings. The van der Waals surface area contributed by atoms with Gasteiger partial charge in [0.15, 0.2) is 5.69 Å². The Morgan fingerprint density at radius 2 is 2.32 bits per heavy atom. The van der Waals surface area contributed by atoms with Crippen LogP contribution in [0.15, 0.2) is 6.07 Å². The number of hydrogen-bond acceptors (Lipinski definition) is 3. The second-order valence-electron chi connectivity index (χ2n) is 5.47. The quantitative estimate of drug-likeness (QED) is 0.732. The largest absolute Gasteiger partial charge is 0.476 e. The van der Waals surface area contributed by atoms with Gasteiger partial charge < -0.3 is 10.4 Å². The smallest absolute Gasteiger partial charge is 0.356 e. The number of amides is 1. The van der Waals surface area contributed by atoms with Gasteiger partial charge in [0.1, 0.15) is 0 Å². The molecule has 1 aromatic rings. The lowest BCUT2D eigenvalue weighted by molar-refractivity contribution is -0.139. The maximum absolute atomic E-state index is 11.9. The van der Waals surface area contributed by atoms with E-state index in [2.05, 4.69) is 15.5 Å². The second kappa shape index (κ2) is 4.68. The summed E-state index contributed by atoms with van der Waals surface area (Å²) in [5.41, 5.74) is 0.741. The lowest BCUT2D eigenvalue weighted by Crippen LogP contribution is -2.51. The third-order valence-electron chi connectivity index (χ3n) is 4.43. The highest BCUT2D eigenvalue weighted by Crippen LogP contribution is 2.54. The van der Waals surface area contributed by atoms with Gasteiger partial charge in [-0.05, 0) is 37.2 Å². The summed E-state index contributed by atoms with van der Waals surface area (Å²) < 4.78 is 0. The monoisotopic (exact) mass is 263 g/mol. The van der Waals surface area contributed by atoms with Crippen LogP contribution in [0.5, 0.6) is 0 Å². The fourth-order valence-corrected chi connectivity index (χ4v) is 3.07. The number of fused-ring (bicyclic) bond motifs is 1. The molecule has 1 unspecified atom stereocenters. The van der Waals surface area contributed by atoms with Gasteiger partial charge in [-0.15, -0.1) is 0 Å². The molecule has 3 atom stereocenters. The summed E-state index contributed by atoms with van der Waals surface area (Å²) in [5, 5.41) is 18.0. The van der Waals surface area contributed by atoms with Crippen molar-refractivity contribution in [1.29, 1.82) is 0 Å². The molecule has 0 radical (unpaired) electrons. The number of carbonyl (C=O) groups is 2. The average molecular weight is 263 g/mol. The van der Waals surface area contributed by atoms with Gasteiger partial charge in [0.25, 0.3) is 0 Å². The van der Waals surface area contributed by atoms with Gasteiger partial charge in [-0.1, -0.05) is 0 Å². The van der Waals surface area contributed by atoms with Crippen molar-refractivity contribution in [3.63, 3.8) is 0 Å². The average Bonchev–Trinajstić information content (AvgIpc) is 2.81. The Morgan fingerprint density at radius 3 is 2.84 bits per heavy atom. The van der Waals surface area contributed by atoms with E-state index >= 15 is 0 Å². The summed E-state index contributed by atoms with van der Waals surface area (Å²) in [6.45, 7) is 0.522. The molecule has 3 rings (SSSR count). The number of H-pyrrole nitrogens is 1. The van der Waals surface area contributed by atoms with Crippen molar-refractivity contribution < 1.29 is 14.7 Å². The van der Waals surface area contributed by atoms with Crippen LogP contribution in [-0.4, -0.2) is 33.7 Å². The molecule has 3 N–H and O–H groups in total. The second-order valence-corrected chi connectivity index (χ2v) is 5.47. The maximum atomic E-state index is 11.9. The SMILES string of the molecule is O=C(O)c1cc(CCNC(=O)C2C[C@@H]3CC[C@H]23)[nH]n1. The van der Waals surface area contributed by atoms with E-state index in [9.17, 15) is 9.59 Å². The lowest BCUT2D eigenvalue weighted by Gasteiger charge is -2.52. The summed E-state index contributed by atoms with van der Waals surface area (Å²) in [6, 6.07) is 1.50. The van der Waals surface area contributed by atoms with Crippen molar-refractivity contribution in [3.8, 4) is 0 Å². The zero-order valence-electron chi connectivity index (χ0n) is 10.6. The van der Waals surface area contributed by atoms with Crippen molar-refractivity contribution >= 4 is 11.9 Å². The highest BCUT2D eigenvalue weighted by Gasteiger charge is 2.50. The van der Waals surface area contributed by atoms with Gasteiger partial charge in [0.2, 0.25) is 5.91 Å². The number of carboxylic acid groups (broad SMARTS) is 1. The number of aromatic nitrogens is 2. The fourth-order valence-electron chi connectivity index (χ4n) is 3.07. The number of hydrogen-bond donors (Lipinski definition) is 3. The van der Waals surface area contributed by atoms with Crippen molar-refractivity contribution in [3.05, 3.63) is 17.5 Å². The van der Waals surface area contributed by atoms with Crippen LogP contribution in [0, 0.1) is 17.8 Å². The lowest BCUT2D eigenvalue weighted by atomic mass is 9.53. The van der Waals surface area contributed by atoms with Gasteiger partial charge in [-0.25, -0.2) is 4.79 Å². The van der Waals surface area contributed by atoms with Crippen LogP contribution < -0.4 is 5.32 Å². The topological polar surface area (TPSA) is 95.1 Å². The fraction of sp³-hybridized carbons (Fsp3) is 0.615. The molecule has 102 valence electrons. The first kappa shape index (κ1) is 12.2. The molecule has 2 aliphatic carbocycles. The van der Waals surface area contributed by atoms with Crippen LogP contribution in [0.4, 0.5) is 0 Å². The van der Waals surface area contributed by atoms with Gasteiger partial charge in [-0.2, -0.15) is 5.10 Å². The molecule has 0 spiro atoms. The molecule has 0 bridgehead atoms. The number of nitrogens with one attached hydrogen (secondary N) is 2. The molecule has 0 saturated heterocycles. The van der Waals surface area contributed by atoms with Crippen LogP contribution in [0.2, 0.25) is 0 Å². The maximum Gasteiger partial charge on any atom is 0.356 e. The number of rotatable bonds is 5. The minimum Gasteiger partial charge on any atom is -0.476 e. The summed E-state index contributed by atoms with van der Waals surface area (Å²) in [4.78, 5) is 22.5. The normalized spacial score (nSPS) is 27.9. The summed E-state index contributed by atoms with van der Waals surface area (Å²) in [5.74, 6) is 0.762.